The van der Waals surface area contributed by atoms with Crippen LogP contribution in [0.3, 0.4) is 0 Å². The molecule has 128 valence electrons. The summed E-state index contributed by atoms with van der Waals surface area (Å²) in [7, 11) is 0. The van der Waals surface area contributed by atoms with E-state index in [9.17, 15) is 9.90 Å². The zero-order valence-corrected chi connectivity index (χ0v) is 15.2. The molecule has 2 saturated carbocycles. The van der Waals surface area contributed by atoms with Gasteiger partial charge < -0.3 is 5.11 Å². The standard InChI is InChI=1S/C21H25ClO2/c1-4-21(24)11-8-14-18-13(7-10-20(14,21)3)19(2)9-5-6-16(22)15(19)12-17(18)23/h1,6,12-14,18,24H,5,7-11H2,2-3H3/t13?,14?,18?,19-,20+,21+/m1/s1. The average Bonchev–Trinajstić information content (AvgIpc) is 2.82. The van der Waals surface area contributed by atoms with Crippen LogP contribution >= 0.6 is 11.6 Å². The van der Waals surface area contributed by atoms with E-state index < -0.39 is 5.60 Å². The van der Waals surface area contributed by atoms with E-state index in [0.29, 0.717) is 12.3 Å². The molecular formula is C21H25ClO2. The van der Waals surface area contributed by atoms with Gasteiger partial charge >= 0.3 is 0 Å². The van der Waals surface area contributed by atoms with Crippen molar-refractivity contribution in [1.29, 1.82) is 0 Å². The summed E-state index contributed by atoms with van der Waals surface area (Å²) >= 11 is 6.46. The van der Waals surface area contributed by atoms with E-state index >= 15 is 0 Å². The van der Waals surface area contributed by atoms with E-state index in [0.717, 1.165) is 42.7 Å². The molecule has 4 aliphatic rings. The summed E-state index contributed by atoms with van der Waals surface area (Å²) in [4.78, 5) is 13.1. The third kappa shape index (κ3) is 1.81. The highest BCUT2D eigenvalue weighted by molar-refractivity contribution is 6.32. The molecule has 2 fully saturated rings. The van der Waals surface area contributed by atoms with E-state index in [2.05, 4.69) is 19.8 Å². The third-order valence-electron chi connectivity index (χ3n) is 7.95. The molecule has 0 amide bonds. The Morgan fingerprint density at radius 1 is 1.25 bits per heavy atom. The van der Waals surface area contributed by atoms with Crippen molar-refractivity contribution in [2.75, 3.05) is 0 Å². The highest BCUT2D eigenvalue weighted by Crippen LogP contribution is 2.66. The zero-order valence-electron chi connectivity index (χ0n) is 14.4. The monoisotopic (exact) mass is 344 g/mol. The SMILES string of the molecule is C#C[C@]1(O)CCC2C3C(=O)C=C4C(Cl)=CCC[C@]4(C)C3CC[C@@]21C. The van der Waals surface area contributed by atoms with Crippen LogP contribution in [0.5, 0.6) is 0 Å². The molecule has 0 radical (unpaired) electrons. The highest BCUT2D eigenvalue weighted by Gasteiger charge is 2.65. The Bertz CT molecular complexity index is 714. The fourth-order valence-corrected chi connectivity index (χ4v) is 6.76. The number of halogens is 1. The van der Waals surface area contributed by atoms with E-state index in [4.69, 9.17) is 18.0 Å². The second-order valence-electron chi connectivity index (χ2n) is 8.71. The van der Waals surface area contributed by atoms with Crippen molar-refractivity contribution in [2.24, 2.45) is 28.6 Å². The zero-order chi connectivity index (χ0) is 17.3. The van der Waals surface area contributed by atoms with Gasteiger partial charge in [-0.05, 0) is 67.4 Å². The molecule has 3 heteroatoms. The molecule has 6 atom stereocenters. The summed E-state index contributed by atoms with van der Waals surface area (Å²) in [5.41, 5.74) is -0.412. The number of hydrogen-bond donors (Lipinski definition) is 1. The van der Waals surface area contributed by atoms with E-state index in [1.807, 2.05) is 6.08 Å². The van der Waals surface area contributed by atoms with Crippen molar-refractivity contribution in [2.45, 2.75) is 58.0 Å². The molecule has 0 aromatic heterocycles. The average molecular weight is 345 g/mol. The smallest absolute Gasteiger partial charge is 0.159 e. The number of allylic oxidation sites excluding steroid dienone is 4. The number of rotatable bonds is 0. The molecule has 0 aliphatic heterocycles. The molecule has 0 aromatic carbocycles. The Morgan fingerprint density at radius 3 is 2.67 bits per heavy atom. The Kier molecular flexibility index (Phi) is 3.42. The molecule has 3 unspecified atom stereocenters. The maximum atomic E-state index is 13.1. The van der Waals surface area contributed by atoms with Crippen molar-refractivity contribution in [3.63, 3.8) is 0 Å². The topological polar surface area (TPSA) is 37.3 Å². The lowest BCUT2D eigenvalue weighted by Crippen LogP contribution is -2.56. The number of carbonyl (C=O) groups excluding carboxylic acids is 1. The van der Waals surface area contributed by atoms with Gasteiger partial charge in [-0.2, -0.15) is 0 Å². The predicted octanol–water partition coefficient (Wildman–Crippen LogP) is 4.23. The quantitative estimate of drug-likeness (QED) is 0.668. The molecule has 0 heterocycles. The first-order chi connectivity index (χ1) is 11.3. The second kappa shape index (κ2) is 4.99. The lowest BCUT2D eigenvalue weighted by atomic mass is 9.47. The summed E-state index contributed by atoms with van der Waals surface area (Å²) in [6, 6.07) is 0. The van der Waals surface area contributed by atoms with Gasteiger partial charge in [-0.25, -0.2) is 0 Å². The largest absolute Gasteiger partial charge is 0.377 e. The van der Waals surface area contributed by atoms with Crippen LogP contribution < -0.4 is 0 Å². The Balaban J connectivity index is 1.81. The van der Waals surface area contributed by atoms with E-state index in [1.165, 1.54) is 0 Å². The van der Waals surface area contributed by atoms with Crippen LogP contribution in [0.2, 0.25) is 0 Å². The second-order valence-corrected chi connectivity index (χ2v) is 9.11. The van der Waals surface area contributed by atoms with Crippen molar-refractivity contribution in [3.05, 3.63) is 22.8 Å². The van der Waals surface area contributed by atoms with Crippen LogP contribution in [0, 0.1) is 40.9 Å². The first-order valence-electron chi connectivity index (χ1n) is 9.09. The van der Waals surface area contributed by atoms with Gasteiger partial charge in [-0.1, -0.05) is 37.4 Å². The summed E-state index contributed by atoms with van der Waals surface area (Å²) in [6.07, 6.45) is 14.8. The molecular weight excluding hydrogens is 320 g/mol. The lowest BCUT2D eigenvalue weighted by Gasteiger charge is -2.56. The molecule has 0 aromatic rings. The first-order valence-corrected chi connectivity index (χ1v) is 9.47. The molecule has 24 heavy (non-hydrogen) atoms. The Morgan fingerprint density at radius 2 is 1.96 bits per heavy atom. The highest BCUT2D eigenvalue weighted by atomic mass is 35.5. The van der Waals surface area contributed by atoms with Gasteiger partial charge in [0.2, 0.25) is 0 Å². The van der Waals surface area contributed by atoms with Crippen LogP contribution in [-0.2, 0) is 4.79 Å². The summed E-state index contributed by atoms with van der Waals surface area (Å²) in [6.45, 7) is 4.38. The van der Waals surface area contributed by atoms with Gasteiger partial charge in [0.15, 0.2) is 5.78 Å². The minimum absolute atomic E-state index is 0.0252. The van der Waals surface area contributed by atoms with Crippen LogP contribution in [-0.4, -0.2) is 16.5 Å². The van der Waals surface area contributed by atoms with Crippen molar-refractivity contribution in [3.8, 4) is 12.3 Å². The number of fused-ring (bicyclic) bond motifs is 5. The molecule has 0 bridgehead atoms. The Labute approximate surface area is 149 Å². The molecule has 0 spiro atoms. The van der Waals surface area contributed by atoms with Crippen LogP contribution in [0.25, 0.3) is 0 Å². The summed E-state index contributed by atoms with van der Waals surface area (Å²) in [5, 5.41) is 11.7. The fourth-order valence-electron chi connectivity index (χ4n) is 6.38. The van der Waals surface area contributed by atoms with Crippen LogP contribution in [0.1, 0.15) is 52.4 Å². The number of hydrogen-bond acceptors (Lipinski definition) is 2. The van der Waals surface area contributed by atoms with Gasteiger partial charge in [0.25, 0.3) is 0 Å². The van der Waals surface area contributed by atoms with Crippen molar-refractivity contribution >= 4 is 17.4 Å². The van der Waals surface area contributed by atoms with Crippen molar-refractivity contribution < 1.29 is 9.90 Å². The maximum absolute atomic E-state index is 13.1. The van der Waals surface area contributed by atoms with E-state index in [-0.39, 0.29) is 28.4 Å². The summed E-state index contributed by atoms with van der Waals surface area (Å²) in [5.74, 6) is 3.31. The summed E-state index contributed by atoms with van der Waals surface area (Å²) < 4.78 is 0. The van der Waals surface area contributed by atoms with Gasteiger partial charge in [0.1, 0.15) is 5.60 Å². The normalized spacial score (nSPS) is 50.1. The molecule has 2 nitrogen and oxygen atoms in total. The maximum Gasteiger partial charge on any atom is 0.159 e. The first kappa shape index (κ1) is 16.4. The molecule has 4 aliphatic carbocycles. The minimum Gasteiger partial charge on any atom is -0.377 e. The van der Waals surface area contributed by atoms with Crippen LogP contribution in [0.4, 0.5) is 0 Å². The minimum atomic E-state index is -1.07. The predicted molar refractivity (Wildman–Crippen MR) is 95.2 cm³/mol. The third-order valence-corrected chi connectivity index (χ3v) is 8.31. The number of aliphatic hydroxyl groups is 1. The number of carbonyl (C=O) groups is 1. The van der Waals surface area contributed by atoms with E-state index in [1.54, 1.807) is 6.08 Å². The van der Waals surface area contributed by atoms with Crippen molar-refractivity contribution in [1.82, 2.24) is 0 Å². The van der Waals surface area contributed by atoms with Gasteiger partial charge in [0, 0.05) is 16.4 Å². The number of ketones is 1. The molecule has 4 rings (SSSR count). The lowest BCUT2D eigenvalue weighted by molar-refractivity contribution is -0.138. The fraction of sp³-hybridized carbons (Fsp3) is 0.667. The molecule has 0 saturated heterocycles. The van der Waals surface area contributed by atoms with Gasteiger partial charge in [0.05, 0.1) is 0 Å². The van der Waals surface area contributed by atoms with Gasteiger partial charge in [-0.3, -0.25) is 4.79 Å². The Hall–Kier alpha value is -1.04. The van der Waals surface area contributed by atoms with Gasteiger partial charge in [-0.15, -0.1) is 6.42 Å². The number of terminal acetylenes is 1. The molecule has 1 N–H and O–H groups in total. The van der Waals surface area contributed by atoms with Crippen LogP contribution in [0.15, 0.2) is 22.8 Å².